The fourth-order valence-corrected chi connectivity index (χ4v) is 1.50. The van der Waals surface area contributed by atoms with E-state index in [2.05, 4.69) is 0 Å². The molecule has 0 fully saturated rings. The van der Waals surface area contributed by atoms with Gasteiger partial charge >= 0.3 is 0 Å². The summed E-state index contributed by atoms with van der Waals surface area (Å²) in [5, 5.41) is 10.8. The number of nitrogens with zero attached hydrogens (tertiary/aromatic N) is 1. The van der Waals surface area contributed by atoms with Crippen LogP contribution >= 0.6 is 0 Å². The van der Waals surface area contributed by atoms with E-state index in [4.69, 9.17) is 9.47 Å². The SMILES string of the molecule is CCOCCOc1cccc([N+](=O)[O-])c1C(C)=O. The Kier molecular flexibility index (Phi) is 5.26. The first-order valence-corrected chi connectivity index (χ1v) is 5.56. The van der Waals surface area contributed by atoms with Crippen LogP contribution in [0.4, 0.5) is 5.69 Å². The standard InChI is InChI=1S/C12H15NO5/c1-3-17-7-8-18-11-6-4-5-10(13(15)16)12(11)9(2)14/h4-6H,3,7-8H2,1-2H3. The number of carbonyl (C=O) groups excluding carboxylic acids is 1. The number of nitro groups is 1. The van der Waals surface area contributed by atoms with Gasteiger partial charge in [0, 0.05) is 12.7 Å². The number of nitro benzene ring substituents is 1. The van der Waals surface area contributed by atoms with Gasteiger partial charge in [-0.3, -0.25) is 14.9 Å². The Labute approximate surface area is 105 Å². The Balaban J connectivity index is 2.93. The van der Waals surface area contributed by atoms with Gasteiger partial charge < -0.3 is 9.47 Å². The van der Waals surface area contributed by atoms with Crippen LogP contribution in [0, 0.1) is 10.1 Å². The first kappa shape index (κ1) is 14.1. The van der Waals surface area contributed by atoms with Crippen LogP contribution in [0.2, 0.25) is 0 Å². The Morgan fingerprint density at radius 1 is 1.39 bits per heavy atom. The Bertz CT molecular complexity index is 444. The number of benzene rings is 1. The van der Waals surface area contributed by atoms with Crippen LogP contribution in [0.15, 0.2) is 18.2 Å². The van der Waals surface area contributed by atoms with Gasteiger partial charge in [0.25, 0.3) is 5.69 Å². The summed E-state index contributed by atoms with van der Waals surface area (Å²) in [6, 6.07) is 4.31. The molecule has 6 heteroatoms. The number of carbonyl (C=O) groups is 1. The summed E-state index contributed by atoms with van der Waals surface area (Å²) in [6.07, 6.45) is 0. The van der Waals surface area contributed by atoms with Crippen LogP contribution in [0.3, 0.4) is 0 Å². The number of hydrogen-bond donors (Lipinski definition) is 0. The molecule has 0 aromatic heterocycles. The van der Waals surface area contributed by atoms with Crippen molar-refractivity contribution in [1.82, 2.24) is 0 Å². The summed E-state index contributed by atoms with van der Waals surface area (Å²) >= 11 is 0. The summed E-state index contributed by atoms with van der Waals surface area (Å²) in [4.78, 5) is 21.7. The molecule has 1 aromatic carbocycles. The van der Waals surface area contributed by atoms with Gasteiger partial charge in [0.05, 0.1) is 11.5 Å². The van der Waals surface area contributed by atoms with Gasteiger partial charge in [0.1, 0.15) is 17.9 Å². The van der Waals surface area contributed by atoms with Crippen LogP contribution in [0.1, 0.15) is 24.2 Å². The highest BCUT2D eigenvalue weighted by Crippen LogP contribution is 2.28. The minimum atomic E-state index is -0.591. The zero-order valence-corrected chi connectivity index (χ0v) is 10.3. The lowest BCUT2D eigenvalue weighted by molar-refractivity contribution is -0.385. The predicted octanol–water partition coefficient (Wildman–Crippen LogP) is 2.21. The van der Waals surface area contributed by atoms with Crippen molar-refractivity contribution in [3.63, 3.8) is 0 Å². The van der Waals surface area contributed by atoms with Crippen molar-refractivity contribution in [2.75, 3.05) is 19.8 Å². The minimum Gasteiger partial charge on any atom is -0.490 e. The van der Waals surface area contributed by atoms with Crippen molar-refractivity contribution >= 4 is 11.5 Å². The van der Waals surface area contributed by atoms with Crippen molar-refractivity contribution < 1.29 is 19.2 Å². The number of ether oxygens (including phenoxy) is 2. The molecule has 0 atom stereocenters. The molecule has 0 saturated heterocycles. The van der Waals surface area contributed by atoms with Crippen LogP contribution in [0.5, 0.6) is 5.75 Å². The number of hydrogen-bond acceptors (Lipinski definition) is 5. The molecule has 0 aliphatic heterocycles. The average molecular weight is 253 g/mol. The van der Waals surface area contributed by atoms with E-state index < -0.39 is 10.7 Å². The van der Waals surface area contributed by atoms with E-state index in [1.807, 2.05) is 6.92 Å². The largest absolute Gasteiger partial charge is 0.490 e. The second-order valence-corrected chi connectivity index (χ2v) is 3.51. The molecule has 0 heterocycles. The Morgan fingerprint density at radius 2 is 2.11 bits per heavy atom. The first-order chi connectivity index (χ1) is 8.57. The highest BCUT2D eigenvalue weighted by atomic mass is 16.6. The van der Waals surface area contributed by atoms with Gasteiger partial charge in [-0.2, -0.15) is 0 Å². The van der Waals surface area contributed by atoms with Gasteiger partial charge in [0.2, 0.25) is 0 Å². The lowest BCUT2D eigenvalue weighted by atomic mass is 10.1. The van der Waals surface area contributed by atoms with E-state index >= 15 is 0 Å². The maximum absolute atomic E-state index is 11.5. The van der Waals surface area contributed by atoms with E-state index in [0.29, 0.717) is 13.2 Å². The Morgan fingerprint density at radius 3 is 2.67 bits per heavy atom. The molecule has 0 aliphatic rings. The molecule has 18 heavy (non-hydrogen) atoms. The molecule has 0 radical (unpaired) electrons. The molecule has 0 unspecified atom stereocenters. The quantitative estimate of drug-likeness (QED) is 0.322. The number of ketones is 1. The third-order valence-corrected chi connectivity index (χ3v) is 2.24. The van der Waals surface area contributed by atoms with Gasteiger partial charge in [-0.05, 0) is 19.9 Å². The van der Waals surface area contributed by atoms with Gasteiger partial charge in [-0.25, -0.2) is 0 Å². The molecule has 98 valence electrons. The Hall–Kier alpha value is -1.95. The molecule has 6 nitrogen and oxygen atoms in total. The third-order valence-electron chi connectivity index (χ3n) is 2.24. The summed E-state index contributed by atoms with van der Waals surface area (Å²) in [5.41, 5.74) is -0.240. The lowest BCUT2D eigenvalue weighted by Gasteiger charge is -2.09. The molecule has 0 aliphatic carbocycles. The summed E-state index contributed by atoms with van der Waals surface area (Å²) in [6.45, 7) is 4.32. The summed E-state index contributed by atoms with van der Waals surface area (Å²) in [5.74, 6) is -0.176. The van der Waals surface area contributed by atoms with E-state index in [1.165, 1.54) is 25.1 Å². The fraction of sp³-hybridized carbons (Fsp3) is 0.417. The zero-order chi connectivity index (χ0) is 13.5. The van der Waals surface area contributed by atoms with E-state index in [9.17, 15) is 14.9 Å². The first-order valence-electron chi connectivity index (χ1n) is 5.56. The maximum Gasteiger partial charge on any atom is 0.283 e. The minimum absolute atomic E-state index is 0.000927. The summed E-state index contributed by atoms with van der Waals surface area (Å²) in [7, 11) is 0. The second kappa shape index (κ2) is 6.70. The van der Waals surface area contributed by atoms with Crippen molar-refractivity contribution in [2.45, 2.75) is 13.8 Å². The monoisotopic (exact) mass is 253 g/mol. The van der Waals surface area contributed by atoms with Crippen molar-refractivity contribution in [2.24, 2.45) is 0 Å². The van der Waals surface area contributed by atoms with Gasteiger partial charge in [0.15, 0.2) is 5.78 Å². The smallest absolute Gasteiger partial charge is 0.283 e. The number of rotatable bonds is 7. The van der Waals surface area contributed by atoms with Crippen molar-refractivity contribution in [3.8, 4) is 5.75 Å². The van der Waals surface area contributed by atoms with Gasteiger partial charge in [-0.15, -0.1) is 0 Å². The second-order valence-electron chi connectivity index (χ2n) is 3.51. The number of Topliss-reactive ketones (excluding diaryl/α,β-unsaturated/α-hetero) is 1. The van der Waals surface area contributed by atoms with Gasteiger partial charge in [-0.1, -0.05) is 6.07 Å². The highest BCUT2D eigenvalue weighted by molar-refractivity contribution is 6.00. The van der Waals surface area contributed by atoms with E-state index in [1.54, 1.807) is 0 Å². The van der Waals surface area contributed by atoms with Crippen LogP contribution in [-0.4, -0.2) is 30.5 Å². The molecule has 0 bridgehead atoms. The molecular weight excluding hydrogens is 238 g/mol. The average Bonchev–Trinajstić information content (AvgIpc) is 2.33. The van der Waals surface area contributed by atoms with Crippen molar-refractivity contribution in [1.29, 1.82) is 0 Å². The van der Waals surface area contributed by atoms with Crippen LogP contribution in [-0.2, 0) is 4.74 Å². The van der Waals surface area contributed by atoms with Crippen LogP contribution in [0.25, 0.3) is 0 Å². The predicted molar refractivity (Wildman–Crippen MR) is 65.1 cm³/mol. The zero-order valence-electron chi connectivity index (χ0n) is 10.3. The molecule has 0 spiro atoms. The van der Waals surface area contributed by atoms with Crippen molar-refractivity contribution in [3.05, 3.63) is 33.9 Å². The molecule has 0 amide bonds. The van der Waals surface area contributed by atoms with E-state index in [-0.39, 0.29) is 23.6 Å². The van der Waals surface area contributed by atoms with E-state index in [0.717, 1.165) is 0 Å². The molecule has 0 saturated carbocycles. The molecular formula is C12H15NO5. The highest BCUT2D eigenvalue weighted by Gasteiger charge is 2.21. The third kappa shape index (κ3) is 3.53. The fourth-order valence-electron chi connectivity index (χ4n) is 1.50. The topological polar surface area (TPSA) is 78.7 Å². The molecule has 1 rings (SSSR count). The van der Waals surface area contributed by atoms with Crippen LogP contribution < -0.4 is 4.74 Å². The normalized spacial score (nSPS) is 10.1. The lowest BCUT2D eigenvalue weighted by Crippen LogP contribution is -2.10. The maximum atomic E-state index is 11.5. The molecule has 1 aromatic rings. The molecule has 0 N–H and O–H groups in total. The summed E-state index contributed by atoms with van der Waals surface area (Å²) < 4.78 is 10.4.